The Kier molecular flexibility index (Phi) is 4.76. The molecule has 0 radical (unpaired) electrons. The Hall–Kier alpha value is -2.15. The van der Waals surface area contributed by atoms with Gasteiger partial charge in [0.25, 0.3) is 5.91 Å². The Morgan fingerprint density at radius 1 is 1.17 bits per heavy atom. The van der Waals surface area contributed by atoms with Crippen molar-refractivity contribution in [3.8, 4) is 0 Å². The molecule has 2 amide bonds. The van der Waals surface area contributed by atoms with E-state index in [0.717, 1.165) is 10.6 Å². The summed E-state index contributed by atoms with van der Waals surface area (Å²) in [5.41, 5.74) is 1.06. The van der Waals surface area contributed by atoms with Gasteiger partial charge in [-0.25, -0.2) is 0 Å². The van der Waals surface area contributed by atoms with Crippen LogP contribution in [0.15, 0.2) is 29.8 Å². The van der Waals surface area contributed by atoms with Crippen LogP contribution in [0.5, 0.6) is 0 Å². The van der Waals surface area contributed by atoms with Gasteiger partial charge in [-0.3, -0.25) is 14.3 Å². The van der Waals surface area contributed by atoms with Gasteiger partial charge in [0, 0.05) is 51.5 Å². The first-order valence-corrected chi connectivity index (χ1v) is 8.60. The van der Waals surface area contributed by atoms with Crippen molar-refractivity contribution in [1.82, 2.24) is 19.6 Å². The first-order chi connectivity index (χ1) is 11.1. The summed E-state index contributed by atoms with van der Waals surface area (Å²) in [5, 5.41) is 6.02. The molecule has 0 N–H and O–H groups in total. The monoisotopic (exact) mass is 332 g/mol. The molecule has 1 aliphatic rings. The molecule has 3 rings (SSSR count). The van der Waals surface area contributed by atoms with Crippen molar-refractivity contribution in [2.45, 2.75) is 12.8 Å². The lowest BCUT2D eigenvalue weighted by atomic mass is 10.2. The van der Waals surface area contributed by atoms with E-state index in [1.165, 1.54) is 11.3 Å². The lowest BCUT2D eigenvalue weighted by Crippen LogP contribution is -2.50. The lowest BCUT2D eigenvalue weighted by Gasteiger charge is -2.34. The zero-order chi connectivity index (χ0) is 16.2. The molecular weight excluding hydrogens is 312 g/mol. The molecule has 0 bridgehead atoms. The number of nitrogens with zero attached hydrogens (tertiary/aromatic N) is 4. The number of carbonyl (C=O) groups is 2. The van der Waals surface area contributed by atoms with E-state index in [9.17, 15) is 9.59 Å². The summed E-state index contributed by atoms with van der Waals surface area (Å²) in [7, 11) is 1.88. The number of aromatic nitrogens is 2. The minimum Gasteiger partial charge on any atom is -0.339 e. The number of rotatable bonds is 4. The van der Waals surface area contributed by atoms with Crippen LogP contribution in [0.1, 0.15) is 21.8 Å². The summed E-state index contributed by atoms with van der Waals surface area (Å²) in [6.07, 6.45) is 2.93. The predicted molar refractivity (Wildman–Crippen MR) is 88.3 cm³/mol. The second-order valence-electron chi connectivity index (χ2n) is 5.60. The maximum Gasteiger partial charge on any atom is 0.264 e. The molecule has 0 saturated carbocycles. The van der Waals surface area contributed by atoms with Crippen molar-refractivity contribution >= 4 is 23.2 Å². The third-order valence-corrected chi connectivity index (χ3v) is 5.03. The number of thiophene rings is 1. The van der Waals surface area contributed by atoms with Gasteiger partial charge in [-0.1, -0.05) is 6.07 Å². The van der Waals surface area contributed by atoms with E-state index in [1.54, 1.807) is 10.9 Å². The van der Waals surface area contributed by atoms with Crippen LogP contribution in [0.3, 0.4) is 0 Å². The highest BCUT2D eigenvalue weighted by atomic mass is 32.1. The van der Waals surface area contributed by atoms with Crippen LogP contribution in [0.25, 0.3) is 0 Å². The molecule has 1 fully saturated rings. The first kappa shape index (κ1) is 15.7. The molecule has 0 unspecified atom stereocenters. The molecule has 2 aromatic heterocycles. The molecular formula is C16H20N4O2S. The number of carbonyl (C=O) groups excluding carboxylic acids is 2. The molecule has 122 valence electrons. The second-order valence-corrected chi connectivity index (χ2v) is 6.54. The number of hydrogen-bond donors (Lipinski definition) is 0. The van der Waals surface area contributed by atoms with Crippen LogP contribution in [0.2, 0.25) is 0 Å². The Labute approximate surface area is 139 Å². The zero-order valence-corrected chi connectivity index (χ0v) is 14.0. The van der Waals surface area contributed by atoms with E-state index >= 15 is 0 Å². The standard InChI is InChI=1S/C16H20N4O2S/c1-18-13(6-7-17-18)4-5-15(21)19-8-10-20(11-9-19)16(22)14-3-2-12-23-14/h2-3,6-7,12H,4-5,8-11H2,1H3. The van der Waals surface area contributed by atoms with Crippen LogP contribution in [0.4, 0.5) is 0 Å². The molecule has 7 heteroatoms. The molecule has 1 saturated heterocycles. The van der Waals surface area contributed by atoms with Crippen LogP contribution >= 0.6 is 11.3 Å². The van der Waals surface area contributed by atoms with Gasteiger partial charge in [-0.15, -0.1) is 11.3 Å². The van der Waals surface area contributed by atoms with Crippen molar-refractivity contribution in [3.05, 3.63) is 40.3 Å². The average molecular weight is 332 g/mol. The summed E-state index contributed by atoms with van der Waals surface area (Å²) in [4.78, 5) is 29.0. The van der Waals surface area contributed by atoms with Crippen LogP contribution < -0.4 is 0 Å². The average Bonchev–Trinajstić information content (AvgIpc) is 3.24. The van der Waals surface area contributed by atoms with Gasteiger partial charge in [0.15, 0.2) is 0 Å². The summed E-state index contributed by atoms with van der Waals surface area (Å²) >= 11 is 1.46. The third kappa shape index (κ3) is 3.61. The quantitative estimate of drug-likeness (QED) is 0.850. The Morgan fingerprint density at radius 2 is 1.91 bits per heavy atom. The van der Waals surface area contributed by atoms with Gasteiger partial charge in [0.05, 0.1) is 4.88 Å². The van der Waals surface area contributed by atoms with Crippen molar-refractivity contribution in [2.24, 2.45) is 7.05 Å². The third-order valence-electron chi connectivity index (χ3n) is 4.17. The molecule has 23 heavy (non-hydrogen) atoms. The highest BCUT2D eigenvalue weighted by Gasteiger charge is 2.25. The SMILES string of the molecule is Cn1nccc1CCC(=O)N1CCN(C(=O)c2cccs2)CC1. The van der Waals surface area contributed by atoms with Crippen molar-refractivity contribution < 1.29 is 9.59 Å². The lowest BCUT2D eigenvalue weighted by molar-refractivity contribution is -0.132. The van der Waals surface area contributed by atoms with Crippen molar-refractivity contribution in [1.29, 1.82) is 0 Å². The number of amides is 2. The maximum absolute atomic E-state index is 12.3. The van der Waals surface area contributed by atoms with Crippen molar-refractivity contribution in [3.63, 3.8) is 0 Å². The fourth-order valence-corrected chi connectivity index (χ4v) is 3.45. The van der Waals surface area contributed by atoms with E-state index in [2.05, 4.69) is 5.10 Å². The van der Waals surface area contributed by atoms with Gasteiger partial charge in [0.2, 0.25) is 5.91 Å². The van der Waals surface area contributed by atoms with Gasteiger partial charge in [0.1, 0.15) is 0 Å². The fraction of sp³-hybridized carbons (Fsp3) is 0.438. The molecule has 6 nitrogen and oxygen atoms in total. The Morgan fingerprint density at radius 3 is 2.52 bits per heavy atom. The predicted octanol–water partition coefficient (Wildman–Crippen LogP) is 1.40. The fourth-order valence-electron chi connectivity index (χ4n) is 2.75. The smallest absolute Gasteiger partial charge is 0.264 e. The number of hydrogen-bond acceptors (Lipinski definition) is 4. The van der Waals surface area contributed by atoms with E-state index in [1.807, 2.05) is 40.4 Å². The minimum atomic E-state index is 0.0713. The molecule has 2 aromatic rings. The Balaban J connectivity index is 1.47. The second kappa shape index (κ2) is 6.95. The molecule has 0 aliphatic carbocycles. The van der Waals surface area contributed by atoms with Gasteiger partial charge < -0.3 is 9.80 Å². The van der Waals surface area contributed by atoms with E-state index in [4.69, 9.17) is 0 Å². The van der Waals surface area contributed by atoms with Gasteiger partial charge in [-0.05, 0) is 23.9 Å². The Bertz CT molecular complexity index is 672. The zero-order valence-electron chi connectivity index (χ0n) is 13.1. The van der Waals surface area contributed by atoms with Gasteiger partial charge >= 0.3 is 0 Å². The summed E-state index contributed by atoms with van der Waals surface area (Å²) in [5.74, 6) is 0.219. The van der Waals surface area contributed by atoms with Gasteiger partial charge in [-0.2, -0.15) is 5.10 Å². The van der Waals surface area contributed by atoms with Crippen LogP contribution in [-0.2, 0) is 18.3 Å². The summed E-state index contributed by atoms with van der Waals surface area (Å²) in [6.45, 7) is 2.44. The summed E-state index contributed by atoms with van der Waals surface area (Å²) in [6, 6.07) is 5.67. The van der Waals surface area contributed by atoms with E-state index < -0.39 is 0 Å². The topological polar surface area (TPSA) is 58.4 Å². The van der Waals surface area contributed by atoms with E-state index in [0.29, 0.717) is 39.0 Å². The largest absolute Gasteiger partial charge is 0.339 e. The highest BCUT2D eigenvalue weighted by Crippen LogP contribution is 2.14. The van der Waals surface area contributed by atoms with Crippen LogP contribution in [-0.4, -0.2) is 57.6 Å². The molecule has 0 spiro atoms. The molecule has 0 atom stereocenters. The van der Waals surface area contributed by atoms with Crippen molar-refractivity contribution in [2.75, 3.05) is 26.2 Å². The highest BCUT2D eigenvalue weighted by molar-refractivity contribution is 7.12. The van der Waals surface area contributed by atoms with E-state index in [-0.39, 0.29) is 11.8 Å². The normalized spacial score (nSPS) is 15.0. The maximum atomic E-state index is 12.3. The number of piperazine rings is 1. The van der Waals surface area contributed by atoms with Crippen LogP contribution in [0, 0.1) is 0 Å². The number of aryl methyl sites for hydroxylation is 2. The molecule has 1 aliphatic heterocycles. The molecule has 3 heterocycles. The summed E-state index contributed by atoms with van der Waals surface area (Å²) < 4.78 is 1.80. The minimum absolute atomic E-state index is 0.0713. The molecule has 0 aromatic carbocycles. The first-order valence-electron chi connectivity index (χ1n) is 7.72.